The van der Waals surface area contributed by atoms with Crippen LogP contribution in [-0.4, -0.2) is 30.3 Å². The Balaban J connectivity index is 2.03. The monoisotopic (exact) mass is 213 g/mol. The van der Waals surface area contributed by atoms with Crippen molar-refractivity contribution in [3.63, 3.8) is 0 Å². The molecule has 1 aromatic rings. The molecule has 1 aromatic heterocycles. The highest BCUT2D eigenvalue weighted by molar-refractivity contribution is 6.28. The molecule has 2 heterocycles. The van der Waals surface area contributed by atoms with Gasteiger partial charge in [-0.1, -0.05) is 0 Å². The molecule has 0 aromatic carbocycles. The highest BCUT2D eigenvalue weighted by atomic mass is 35.5. The van der Waals surface area contributed by atoms with E-state index in [4.69, 9.17) is 16.0 Å². The van der Waals surface area contributed by atoms with E-state index >= 15 is 0 Å². The van der Waals surface area contributed by atoms with Gasteiger partial charge in [0.05, 0.1) is 12.8 Å². The van der Waals surface area contributed by atoms with Gasteiger partial charge >= 0.3 is 6.03 Å². The van der Waals surface area contributed by atoms with Gasteiger partial charge in [0.2, 0.25) is 0 Å². The van der Waals surface area contributed by atoms with Gasteiger partial charge in [-0.15, -0.1) is 0 Å². The number of nitrogens with zero attached hydrogens (tertiary/aromatic N) is 2. The Morgan fingerprint density at radius 3 is 3.07 bits per heavy atom. The van der Waals surface area contributed by atoms with Crippen molar-refractivity contribution in [3.8, 4) is 0 Å². The molecule has 1 saturated heterocycles. The molecular formula is C8H8ClN3O2. The Kier molecular flexibility index (Phi) is 2.41. The van der Waals surface area contributed by atoms with Crippen molar-refractivity contribution in [2.24, 2.45) is 5.10 Å². The summed E-state index contributed by atoms with van der Waals surface area (Å²) >= 11 is 5.56. The molecule has 2 amide bonds. The van der Waals surface area contributed by atoms with Crippen LogP contribution in [-0.2, 0) is 0 Å². The molecule has 6 heteroatoms. The third-order valence-corrected chi connectivity index (χ3v) is 1.96. The number of hydrazone groups is 1. The first-order valence-electron chi connectivity index (χ1n) is 4.10. The number of urea groups is 1. The summed E-state index contributed by atoms with van der Waals surface area (Å²) in [6.07, 6.45) is 1.46. The van der Waals surface area contributed by atoms with Gasteiger partial charge in [-0.05, 0) is 23.7 Å². The zero-order chi connectivity index (χ0) is 9.97. The van der Waals surface area contributed by atoms with Crippen LogP contribution in [0.5, 0.6) is 0 Å². The van der Waals surface area contributed by atoms with E-state index in [1.807, 2.05) is 0 Å². The molecule has 0 aliphatic carbocycles. The molecule has 1 fully saturated rings. The minimum Gasteiger partial charge on any atom is -0.444 e. The van der Waals surface area contributed by atoms with Crippen molar-refractivity contribution in [1.29, 1.82) is 0 Å². The van der Waals surface area contributed by atoms with Crippen LogP contribution < -0.4 is 5.32 Å². The fraction of sp³-hybridized carbons (Fsp3) is 0.250. The Morgan fingerprint density at radius 1 is 1.64 bits per heavy atom. The van der Waals surface area contributed by atoms with E-state index in [1.54, 1.807) is 12.1 Å². The normalized spacial score (nSPS) is 16.6. The summed E-state index contributed by atoms with van der Waals surface area (Å²) in [5.41, 5.74) is 0. The lowest BCUT2D eigenvalue weighted by Crippen LogP contribution is -2.23. The van der Waals surface area contributed by atoms with Crippen LogP contribution >= 0.6 is 11.6 Å². The molecule has 2 rings (SSSR count). The van der Waals surface area contributed by atoms with E-state index in [0.717, 1.165) is 0 Å². The number of hydrogen-bond acceptors (Lipinski definition) is 3. The number of halogens is 1. The number of furan rings is 1. The van der Waals surface area contributed by atoms with Gasteiger partial charge < -0.3 is 9.73 Å². The van der Waals surface area contributed by atoms with Crippen LogP contribution in [0.3, 0.4) is 0 Å². The summed E-state index contributed by atoms with van der Waals surface area (Å²) in [6, 6.07) is 3.10. The lowest BCUT2D eigenvalue weighted by atomic mass is 10.5. The van der Waals surface area contributed by atoms with Crippen molar-refractivity contribution in [2.45, 2.75) is 0 Å². The maximum atomic E-state index is 11.0. The van der Waals surface area contributed by atoms with Crippen molar-refractivity contribution in [1.82, 2.24) is 10.3 Å². The molecule has 74 valence electrons. The van der Waals surface area contributed by atoms with Crippen molar-refractivity contribution in [2.75, 3.05) is 13.1 Å². The fourth-order valence-corrected chi connectivity index (χ4v) is 1.25. The molecule has 0 spiro atoms. The largest absolute Gasteiger partial charge is 0.444 e. The summed E-state index contributed by atoms with van der Waals surface area (Å²) in [5.74, 6) is 0.523. The van der Waals surface area contributed by atoms with Gasteiger partial charge in [0, 0.05) is 6.54 Å². The summed E-state index contributed by atoms with van der Waals surface area (Å²) in [7, 11) is 0. The molecule has 1 N–H and O–H groups in total. The smallest absolute Gasteiger partial charge is 0.337 e. The second-order valence-corrected chi connectivity index (χ2v) is 3.11. The number of hydrogen-bond donors (Lipinski definition) is 1. The third-order valence-electron chi connectivity index (χ3n) is 1.75. The van der Waals surface area contributed by atoms with E-state index in [2.05, 4.69) is 10.4 Å². The first-order chi connectivity index (χ1) is 6.75. The fourth-order valence-electron chi connectivity index (χ4n) is 1.10. The zero-order valence-electron chi connectivity index (χ0n) is 7.24. The van der Waals surface area contributed by atoms with Gasteiger partial charge in [0.15, 0.2) is 5.22 Å². The summed E-state index contributed by atoms with van der Waals surface area (Å²) in [6.45, 7) is 1.19. The lowest BCUT2D eigenvalue weighted by Gasteiger charge is -2.03. The molecule has 1 aliphatic heterocycles. The minimum atomic E-state index is -0.195. The molecule has 0 saturated carbocycles. The van der Waals surface area contributed by atoms with Crippen LogP contribution in [0.4, 0.5) is 4.79 Å². The molecule has 5 nitrogen and oxygen atoms in total. The third kappa shape index (κ3) is 1.88. The van der Waals surface area contributed by atoms with Crippen molar-refractivity contribution < 1.29 is 9.21 Å². The maximum absolute atomic E-state index is 11.0. The van der Waals surface area contributed by atoms with E-state index in [-0.39, 0.29) is 6.03 Å². The van der Waals surface area contributed by atoms with Crippen LogP contribution in [0.2, 0.25) is 5.22 Å². The van der Waals surface area contributed by atoms with Crippen molar-refractivity contribution in [3.05, 3.63) is 23.1 Å². The summed E-state index contributed by atoms with van der Waals surface area (Å²) in [5, 5.41) is 8.19. The topological polar surface area (TPSA) is 57.8 Å². The maximum Gasteiger partial charge on any atom is 0.337 e. The van der Waals surface area contributed by atoms with Gasteiger partial charge in [-0.2, -0.15) is 5.10 Å². The predicted octanol–water partition coefficient (Wildman–Crippen LogP) is 1.29. The second-order valence-electron chi connectivity index (χ2n) is 2.74. The molecule has 0 unspecified atom stereocenters. The van der Waals surface area contributed by atoms with E-state index < -0.39 is 0 Å². The quantitative estimate of drug-likeness (QED) is 0.753. The van der Waals surface area contributed by atoms with Gasteiger partial charge in [-0.25, -0.2) is 9.80 Å². The second kappa shape index (κ2) is 3.71. The lowest BCUT2D eigenvalue weighted by molar-refractivity contribution is 0.219. The number of carbonyl (C=O) groups is 1. The summed E-state index contributed by atoms with van der Waals surface area (Å²) in [4.78, 5) is 11.0. The highest BCUT2D eigenvalue weighted by Gasteiger charge is 2.17. The predicted molar refractivity (Wildman–Crippen MR) is 51.4 cm³/mol. The first-order valence-corrected chi connectivity index (χ1v) is 4.48. The first kappa shape index (κ1) is 9.08. The molecule has 0 atom stereocenters. The van der Waals surface area contributed by atoms with Gasteiger partial charge in [-0.3, -0.25) is 0 Å². The highest BCUT2D eigenvalue weighted by Crippen LogP contribution is 2.11. The van der Waals surface area contributed by atoms with Crippen LogP contribution in [0.25, 0.3) is 0 Å². The summed E-state index contributed by atoms with van der Waals surface area (Å²) < 4.78 is 5.04. The number of amides is 2. The Bertz CT molecular complexity index is 374. The van der Waals surface area contributed by atoms with E-state index in [0.29, 0.717) is 24.1 Å². The molecule has 0 radical (unpaired) electrons. The molecular weight excluding hydrogens is 206 g/mol. The number of nitrogens with one attached hydrogen (secondary N) is 1. The minimum absolute atomic E-state index is 0.195. The Labute approximate surface area is 85.3 Å². The standard InChI is InChI=1S/C8H8ClN3O2/c9-7-2-1-6(14-7)5-11-12-4-3-10-8(12)13/h1-2,5H,3-4H2,(H,10,13). The van der Waals surface area contributed by atoms with Gasteiger partial charge in [0.1, 0.15) is 5.76 Å². The van der Waals surface area contributed by atoms with E-state index in [1.165, 1.54) is 11.2 Å². The number of rotatable bonds is 2. The van der Waals surface area contributed by atoms with Crippen LogP contribution in [0.1, 0.15) is 5.76 Å². The number of carbonyl (C=O) groups excluding carboxylic acids is 1. The van der Waals surface area contributed by atoms with Gasteiger partial charge in [0.25, 0.3) is 0 Å². The van der Waals surface area contributed by atoms with Crippen molar-refractivity contribution >= 4 is 23.8 Å². The Morgan fingerprint density at radius 2 is 2.50 bits per heavy atom. The van der Waals surface area contributed by atoms with E-state index in [9.17, 15) is 4.79 Å². The van der Waals surface area contributed by atoms with Crippen LogP contribution in [0, 0.1) is 0 Å². The average molecular weight is 214 g/mol. The molecule has 0 bridgehead atoms. The van der Waals surface area contributed by atoms with Crippen LogP contribution in [0.15, 0.2) is 21.7 Å². The Hall–Kier alpha value is -1.49. The SMILES string of the molecule is O=C1NCCN1N=Cc1ccc(Cl)o1. The average Bonchev–Trinajstić information content (AvgIpc) is 2.72. The molecule has 1 aliphatic rings. The zero-order valence-corrected chi connectivity index (χ0v) is 7.99. The molecule has 14 heavy (non-hydrogen) atoms.